The number of hydrazine groups is 1. The molecule has 0 aliphatic rings. The van der Waals surface area contributed by atoms with E-state index in [9.17, 15) is 0 Å². The molecular weight excluding hydrogens is 283 g/mol. The van der Waals surface area contributed by atoms with E-state index in [1.807, 2.05) is 32.0 Å². The molecule has 2 aromatic rings. The maximum absolute atomic E-state index is 6.12. The minimum absolute atomic E-state index is 0.374. The van der Waals surface area contributed by atoms with Crippen LogP contribution in [-0.4, -0.2) is 4.98 Å². The fourth-order valence-electron chi connectivity index (χ4n) is 1.67. The average molecular weight is 297 g/mol. The molecule has 0 unspecified atom stereocenters. The van der Waals surface area contributed by atoms with E-state index in [1.165, 1.54) is 5.56 Å². The molecule has 0 radical (unpaired) electrons. The second-order valence-corrected chi connectivity index (χ2v) is 4.98. The number of halogens is 2. The Labute approximate surface area is 121 Å². The van der Waals surface area contributed by atoms with Gasteiger partial charge < -0.3 is 10.7 Å². The molecule has 0 saturated heterocycles. The lowest BCUT2D eigenvalue weighted by molar-refractivity contribution is 1.22. The van der Waals surface area contributed by atoms with Crippen LogP contribution in [-0.2, 0) is 0 Å². The summed E-state index contributed by atoms with van der Waals surface area (Å²) in [5, 5.41) is 4.00. The summed E-state index contributed by atoms with van der Waals surface area (Å²) in [6.07, 6.45) is 0. The zero-order valence-corrected chi connectivity index (χ0v) is 12.1. The van der Waals surface area contributed by atoms with Gasteiger partial charge in [0, 0.05) is 5.69 Å². The van der Waals surface area contributed by atoms with Crippen molar-refractivity contribution < 1.29 is 0 Å². The van der Waals surface area contributed by atoms with Crippen LogP contribution in [0.15, 0.2) is 24.3 Å². The third kappa shape index (κ3) is 2.92. The van der Waals surface area contributed by atoms with Crippen LogP contribution in [0, 0.1) is 13.8 Å². The molecule has 0 spiro atoms. The third-order valence-electron chi connectivity index (χ3n) is 2.92. The summed E-state index contributed by atoms with van der Waals surface area (Å²) >= 11 is 12.1. The molecule has 4 N–H and O–H groups in total. The fraction of sp³-hybridized carbons (Fsp3) is 0.154. The van der Waals surface area contributed by atoms with Gasteiger partial charge in [0.05, 0.1) is 10.0 Å². The van der Waals surface area contributed by atoms with Gasteiger partial charge >= 0.3 is 0 Å². The first-order chi connectivity index (χ1) is 9.02. The van der Waals surface area contributed by atoms with Crippen molar-refractivity contribution in [1.82, 2.24) is 4.98 Å². The first-order valence-electron chi connectivity index (χ1n) is 5.69. The Morgan fingerprint density at radius 3 is 2.47 bits per heavy atom. The van der Waals surface area contributed by atoms with Crippen molar-refractivity contribution in [3.63, 3.8) is 0 Å². The highest BCUT2D eigenvalue weighted by Crippen LogP contribution is 2.31. The summed E-state index contributed by atoms with van der Waals surface area (Å²) < 4.78 is 0. The van der Waals surface area contributed by atoms with E-state index < -0.39 is 0 Å². The number of nitrogens with zero attached hydrogens (tertiary/aromatic N) is 1. The highest BCUT2D eigenvalue weighted by molar-refractivity contribution is 6.37. The lowest BCUT2D eigenvalue weighted by Crippen LogP contribution is -2.10. The molecule has 1 aromatic carbocycles. The van der Waals surface area contributed by atoms with Gasteiger partial charge in [0.2, 0.25) is 0 Å². The molecule has 0 saturated carbocycles. The SMILES string of the molecule is Cc1cccc(Nc2nc(NN)c(Cl)cc2Cl)c1C. The van der Waals surface area contributed by atoms with Crippen molar-refractivity contribution in [2.75, 3.05) is 10.7 Å². The Bertz CT molecular complexity index is 614. The Balaban J connectivity index is 2.41. The molecule has 0 aliphatic carbocycles. The maximum Gasteiger partial charge on any atom is 0.161 e. The second kappa shape index (κ2) is 5.65. The fourth-order valence-corrected chi connectivity index (χ4v) is 2.13. The third-order valence-corrected chi connectivity index (χ3v) is 3.50. The number of hydrogen-bond donors (Lipinski definition) is 3. The van der Waals surface area contributed by atoms with Crippen LogP contribution in [0.25, 0.3) is 0 Å². The number of hydrogen-bond acceptors (Lipinski definition) is 4. The van der Waals surface area contributed by atoms with Crippen molar-refractivity contribution in [1.29, 1.82) is 0 Å². The Hall–Kier alpha value is -1.49. The van der Waals surface area contributed by atoms with E-state index in [1.54, 1.807) is 6.07 Å². The molecule has 1 aromatic heterocycles. The number of rotatable bonds is 3. The van der Waals surface area contributed by atoms with Crippen LogP contribution >= 0.6 is 23.2 Å². The summed E-state index contributed by atoms with van der Waals surface area (Å²) in [5.41, 5.74) is 5.70. The molecule has 0 aliphatic heterocycles. The van der Waals surface area contributed by atoms with E-state index in [-0.39, 0.29) is 0 Å². The summed E-state index contributed by atoms with van der Waals surface area (Å²) in [6, 6.07) is 7.57. The second-order valence-electron chi connectivity index (χ2n) is 4.17. The zero-order chi connectivity index (χ0) is 14.0. The highest BCUT2D eigenvalue weighted by Gasteiger charge is 2.10. The number of nitrogens with two attached hydrogens (primary N) is 1. The quantitative estimate of drug-likeness (QED) is 0.591. The Morgan fingerprint density at radius 2 is 1.79 bits per heavy atom. The van der Waals surface area contributed by atoms with Crippen molar-refractivity contribution in [2.24, 2.45) is 5.84 Å². The maximum atomic E-state index is 6.12. The minimum Gasteiger partial charge on any atom is -0.339 e. The van der Waals surface area contributed by atoms with E-state index in [0.29, 0.717) is 21.7 Å². The van der Waals surface area contributed by atoms with E-state index in [0.717, 1.165) is 11.3 Å². The first kappa shape index (κ1) is 13.9. The van der Waals surface area contributed by atoms with Gasteiger partial charge in [-0.3, -0.25) is 0 Å². The molecule has 0 atom stereocenters. The topological polar surface area (TPSA) is 63.0 Å². The van der Waals surface area contributed by atoms with E-state index in [2.05, 4.69) is 15.7 Å². The van der Waals surface area contributed by atoms with Crippen molar-refractivity contribution >= 4 is 40.5 Å². The van der Waals surface area contributed by atoms with Gasteiger partial charge in [0.25, 0.3) is 0 Å². The van der Waals surface area contributed by atoms with Gasteiger partial charge in [-0.2, -0.15) is 0 Å². The van der Waals surface area contributed by atoms with E-state index >= 15 is 0 Å². The Kier molecular flexibility index (Phi) is 4.14. The largest absolute Gasteiger partial charge is 0.339 e. The molecule has 0 bridgehead atoms. The molecular formula is C13H14Cl2N4. The number of nitrogen functional groups attached to an aromatic ring is 1. The predicted octanol–water partition coefficient (Wildman–Crippen LogP) is 4.03. The van der Waals surface area contributed by atoms with Gasteiger partial charge in [0.15, 0.2) is 11.6 Å². The van der Waals surface area contributed by atoms with Crippen molar-refractivity contribution in [3.05, 3.63) is 45.4 Å². The predicted molar refractivity (Wildman–Crippen MR) is 81.3 cm³/mol. The number of aryl methyl sites for hydroxylation is 1. The van der Waals surface area contributed by atoms with Crippen LogP contribution in [0.2, 0.25) is 10.0 Å². The molecule has 2 rings (SSSR count). The van der Waals surface area contributed by atoms with Crippen LogP contribution in [0.1, 0.15) is 11.1 Å². The number of anilines is 3. The number of aromatic nitrogens is 1. The van der Waals surface area contributed by atoms with Gasteiger partial charge in [0.1, 0.15) is 0 Å². The molecule has 100 valence electrons. The minimum atomic E-state index is 0.374. The molecule has 0 amide bonds. The monoisotopic (exact) mass is 296 g/mol. The van der Waals surface area contributed by atoms with Crippen LogP contribution in [0.5, 0.6) is 0 Å². The molecule has 4 nitrogen and oxygen atoms in total. The van der Waals surface area contributed by atoms with Crippen molar-refractivity contribution in [3.8, 4) is 0 Å². The summed E-state index contributed by atoms with van der Waals surface area (Å²) in [4.78, 5) is 4.25. The van der Waals surface area contributed by atoms with Gasteiger partial charge in [-0.05, 0) is 37.1 Å². The number of nitrogens with one attached hydrogen (secondary N) is 2. The van der Waals surface area contributed by atoms with Gasteiger partial charge in [-0.25, -0.2) is 10.8 Å². The standard InChI is InChI=1S/C13H14Cl2N4/c1-7-4-3-5-11(8(7)2)17-12-9(14)6-10(15)13(18-12)19-16/h3-6H,16H2,1-2H3,(H2,17,18,19). The molecule has 1 heterocycles. The smallest absolute Gasteiger partial charge is 0.161 e. The normalized spacial score (nSPS) is 10.4. The van der Waals surface area contributed by atoms with E-state index in [4.69, 9.17) is 29.0 Å². The van der Waals surface area contributed by atoms with Crippen LogP contribution in [0.4, 0.5) is 17.3 Å². The first-order valence-corrected chi connectivity index (χ1v) is 6.44. The van der Waals surface area contributed by atoms with Gasteiger partial charge in [-0.15, -0.1) is 0 Å². The molecule has 6 heteroatoms. The molecule has 0 fully saturated rings. The summed E-state index contributed by atoms with van der Waals surface area (Å²) in [6.45, 7) is 4.08. The number of pyridine rings is 1. The summed E-state index contributed by atoms with van der Waals surface area (Å²) in [5.74, 6) is 6.23. The average Bonchev–Trinajstić information content (AvgIpc) is 2.38. The number of benzene rings is 1. The van der Waals surface area contributed by atoms with Crippen molar-refractivity contribution in [2.45, 2.75) is 13.8 Å². The van der Waals surface area contributed by atoms with Gasteiger partial charge in [-0.1, -0.05) is 35.3 Å². The zero-order valence-electron chi connectivity index (χ0n) is 10.6. The lowest BCUT2D eigenvalue weighted by Gasteiger charge is -2.13. The van der Waals surface area contributed by atoms with Crippen LogP contribution in [0.3, 0.4) is 0 Å². The highest BCUT2D eigenvalue weighted by atomic mass is 35.5. The Morgan fingerprint density at radius 1 is 1.11 bits per heavy atom. The van der Waals surface area contributed by atoms with Crippen LogP contribution < -0.4 is 16.6 Å². The lowest BCUT2D eigenvalue weighted by atomic mass is 10.1. The summed E-state index contributed by atoms with van der Waals surface area (Å²) in [7, 11) is 0. The molecule has 19 heavy (non-hydrogen) atoms.